The van der Waals surface area contributed by atoms with Crippen LogP contribution in [0.2, 0.25) is 0 Å². The van der Waals surface area contributed by atoms with Crippen LogP contribution >= 0.6 is 11.3 Å². The molecule has 0 unspecified atom stereocenters. The molecule has 1 aromatic rings. The van der Waals surface area contributed by atoms with Crippen molar-refractivity contribution in [3.8, 4) is 0 Å². The molecule has 1 aromatic heterocycles. The summed E-state index contributed by atoms with van der Waals surface area (Å²) in [7, 11) is 0. The molecular formula is C21H41NS. The maximum absolute atomic E-state index is 4.20. The Bertz CT molecular complexity index is 329. The van der Waals surface area contributed by atoms with Crippen molar-refractivity contribution in [3.63, 3.8) is 0 Å². The smallest absolute Gasteiger partial charge is 0.0807 e. The summed E-state index contributed by atoms with van der Waals surface area (Å²) in [6, 6.07) is 0. The lowest BCUT2D eigenvalue weighted by Gasteiger charge is -1.92. The number of hydrogen-bond donors (Lipinski definition) is 0. The first-order valence-electron chi connectivity index (χ1n) is 8.55. The van der Waals surface area contributed by atoms with Crippen molar-refractivity contribution in [1.29, 1.82) is 0 Å². The molecule has 0 atom stereocenters. The second kappa shape index (κ2) is 42.8. The molecule has 0 radical (unpaired) electrons. The molecule has 1 heterocycles. The third-order valence-corrected chi connectivity index (χ3v) is 2.31. The Hall–Kier alpha value is -1.41. The van der Waals surface area contributed by atoms with E-state index in [0.29, 0.717) is 0 Å². The van der Waals surface area contributed by atoms with Gasteiger partial charge in [-0.1, -0.05) is 71.9 Å². The minimum Gasteiger partial charge on any atom is -0.245 e. The molecule has 0 saturated heterocycles. The standard InChI is InChI=1S/C9H11NS.C4H8.3C2H6.C2H4/c1-3-5-8(4-2)9-6-11-7-10-9;1-3-4-2;4*1-2/h3-7H,1-2H3;3-4H,1-2H3;3*1-2H3;1-2H2/b5-3-,8-4+;4-3-;;;;. The van der Waals surface area contributed by atoms with E-state index in [1.54, 1.807) is 11.3 Å². The van der Waals surface area contributed by atoms with E-state index in [4.69, 9.17) is 0 Å². The fourth-order valence-corrected chi connectivity index (χ4v) is 1.43. The van der Waals surface area contributed by atoms with E-state index in [-0.39, 0.29) is 0 Å². The molecule has 23 heavy (non-hydrogen) atoms. The van der Waals surface area contributed by atoms with E-state index in [2.05, 4.69) is 35.7 Å². The van der Waals surface area contributed by atoms with Crippen LogP contribution in [0.1, 0.15) is 74.9 Å². The minimum atomic E-state index is 1.07. The summed E-state index contributed by atoms with van der Waals surface area (Å²) in [6.07, 6.45) is 10.2. The van der Waals surface area contributed by atoms with E-state index in [1.807, 2.05) is 93.0 Å². The SMILES string of the molecule is C/C=C\C.C/C=C\C(=C/C)c1cscn1.C=C.CC.CC.CC. The summed E-state index contributed by atoms with van der Waals surface area (Å²) in [4.78, 5) is 4.20. The van der Waals surface area contributed by atoms with Crippen molar-refractivity contribution in [1.82, 2.24) is 4.98 Å². The second-order valence-electron chi connectivity index (χ2n) is 2.78. The first-order valence-corrected chi connectivity index (χ1v) is 9.49. The van der Waals surface area contributed by atoms with Crippen molar-refractivity contribution in [2.45, 2.75) is 69.2 Å². The molecule has 0 aliphatic heterocycles. The van der Waals surface area contributed by atoms with Crippen LogP contribution in [0, 0.1) is 0 Å². The highest BCUT2D eigenvalue weighted by atomic mass is 32.1. The lowest BCUT2D eigenvalue weighted by molar-refractivity contribution is 1.36. The Kier molecular flexibility index (Phi) is 61.9. The molecule has 0 spiro atoms. The van der Waals surface area contributed by atoms with Gasteiger partial charge in [-0.05, 0) is 33.3 Å². The van der Waals surface area contributed by atoms with Crippen molar-refractivity contribution in [2.24, 2.45) is 0 Å². The van der Waals surface area contributed by atoms with Gasteiger partial charge in [-0.3, -0.25) is 0 Å². The van der Waals surface area contributed by atoms with Gasteiger partial charge in [0.25, 0.3) is 0 Å². The lowest BCUT2D eigenvalue weighted by atomic mass is 10.2. The number of thiazole rings is 1. The Morgan fingerprint density at radius 2 is 1.30 bits per heavy atom. The van der Waals surface area contributed by atoms with Crippen molar-refractivity contribution >= 4 is 16.9 Å². The fourth-order valence-electron chi connectivity index (χ4n) is 0.864. The molecule has 136 valence electrons. The number of hydrogen-bond acceptors (Lipinski definition) is 2. The van der Waals surface area contributed by atoms with Crippen LogP contribution in [-0.4, -0.2) is 4.98 Å². The molecule has 1 nitrogen and oxygen atoms in total. The van der Waals surface area contributed by atoms with Gasteiger partial charge in [-0.15, -0.1) is 24.5 Å². The molecular weight excluding hydrogens is 298 g/mol. The monoisotopic (exact) mass is 339 g/mol. The summed E-state index contributed by atoms with van der Waals surface area (Å²) in [5.74, 6) is 0. The van der Waals surface area contributed by atoms with Crippen LogP contribution in [0.5, 0.6) is 0 Å². The Labute approximate surface area is 151 Å². The highest BCUT2D eigenvalue weighted by Gasteiger charge is 1.96. The molecule has 0 N–H and O–H groups in total. The van der Waals surface area contributed by atoms with Gasteiger partial charge < -0.3 is 0 Å². The van der Waals surface area contributed by atoms with E-state index in [1.165, 1.54) is 5.57 Å². The summed E-state index contributed by atoms with van der Waals surface area (Å²) in [6.45, 7) is 26.0. The molecule has 0 fully saturated rings. The normalized spacial score (nSPS) is 8.70. The molecule has 0 aliphatic rings. The van der Waals surface area contributed by atoms with Crippen LogP contribution < -0.4 is 0 Å². The molecule has 2 heteroatoms. The van der Waals surface area contributed by atoms with E-state index in [9.17, 15) is 0 Å². The van der Waals surface area contributed by atoms with Crippen LogP contribution in [-0.2, 0) is 0 Å². The summed E-state index contributed by atoms with van der Waals surface area (Å²) in [5.41, 5.74) is 4.10. The van der Waals surface area contributed by atoms with Crippen molar-refractivity contribution < 1.29 is 0 Å². The molecule has 0 saturated carbocycles. The van der Waals surface area contributed by atoms with E-state index < -0.39 is 0 Å². The molecule has 0 aliphatic carbocycles. The van der Waals surface area contributed by atoms with Gasteiger partial charge in [0.2, 0.25) is 0 Å². The first kappa shape index (κ1) is 33.3. The lowest BCUT2D eigenvalue weighted by Crippen LogP contribution is -1.77. The Balaban J connectivity index is -0.0000000759. The summed E-state index contributed by atoms with van der Waals surface area (Å²) in [5, 5.41) is 2.05. The van der Waals surface area contributed by atoms with Crippen LogP contribution in [0.3, 0.4) is 0 Å². The quantitative estimate of drug-likeness (QED) is 0.388. The van der Waals surface area contributed by atoms with Crippen molar-refractivity contribution in [2.75, 3.05) is 0 Å². The van der Waals surface area contributed by atoms with Crippen molar-refractivity contribution in [3.05, 3.63) is 60.1 Å². The van der Waals surface area contributed by atoms with E-state index >= 15 is 0 Å². The van der Waals surface area contributed by atoms with E-state index in [0.717, 1.165) is 5.69 Å². The second-order valence-corrected chi connectivity index (χ2v) is 3.50. The molecule has 0 bridgehead atoms. The maximum atomic E-state index is 4.20. The predicted molar refractivity (Wildman–Crippen MR) is 116 cm³/mol. The van der Waals surface area contributed by atoms with Gasteiger partial charge in [0, 0.05) is 5.38 Å². The summed E-state index contributed by atoms with van der Waals surface area (Å²) < 4.78 is 0. The average Bonchev–Trinajstić information content (AvgIpc) is 3.21. The van der Waals surface area contributed by atoms with Gasteiger partial charge in [0.1, 0.15) is 0 Å². The fraction of sp³-hybridized carbons (Fsp3) is 0.476. The van der Waals surface area contributed by atoms with Gasteiger partial charge in [-0.25, -0.2) is 4.98 Å². The van der Waals surface area contributed by atoms with Gasteiger partial charge in [-0.2, -0.15) is 0 Å². The van der Waals surface area contributed by atoms with Gasteiger partial charge >= 0.3 is 0 Å². The minimum absolute atomic E-state index is 1.07. The number of nitrogens with zero attached hydrogens (tertiary/aromatic N) is 1. The zero-order valence-electron chi connectivity index (χ0n) is 17.3. The van der Waals surface area contributed by atoms with Crippen LogP contribution in [0.25, 0.3) is 5.57 Å². The van der Waals surface area contributed by atoms with Gasteiger partial charge in [0.05, 0.1) is 11.2 Å². The number of aromatic nitrogens is 1. The largest absolute Gasteiger partial charge is 0.245 e. The van der Waals surface area contributed by atoms with Crippen LogP contribution in [0.15, 0.2) is 54.4 Å². The molecule has 0 aromatic carbocycles. The third-order valence-electron chi connectivity index (χ3n) is 1.72. The zero-order valence-corrected chi connectivity index (χ0v) is 18.1. The summed E-state index contributed by atoms with van der Waals surface area (Å²) >= 11 is 1.62. The maximum Gasteiger partial charge on any atom is 0.0807 e. The Morgan fingerprint density at radius 1 is 0.870 bits per heavy atom. The first-order chi connectivity index (χ1) is 11.3. The number of allylic oxidation sites excluding steroid dienone is 6. The zero-order chi connectivity index (χ0) is 19.5. The molecule has 1 rings (SSSR count). The predicted octanol–water partition coefficient (Wildman–Crippen LogP) is 8.59. The topological polar surface area (TPSA) is 12.9 Å². The van der Waals surface area contributed by atoms with Gasteiger partial charge in [0.15, 0.2) is 0 Å². The number of rotatable bonds is 2. The molecule has 0 amide bonds. The third kappa shape index (κ3) is 29.3. The highest BCUT2D eigenvalue weighted by Crippen LogP contribution is 2.14. The Morgan fingerprint density at radius 3 is 1.52 bits per heavy atom. The van der Waals surface area contributed by atoms with Crippen LogP contribution in [0.4, 0.5) is 0 Å². The average molecular weight is 340 g/mol. The highest BCUT2D eigenvalue weighted by molar-refractivity contribution is 7.07.